The third kappa shape index (κ3) is 6.62. The van der Waals surface area contributed by atoms with Crippen LogP contribution in [0.4, 0.5) is 19.0 Å². The molecule has 0 aliphatic carbocycles. The summed E-state index contributed by atoms with van der Waals surface area (Å²) in [6.07, 6.45) is -3.09. The summed E-state index contributed by atoms with van der Waals surface area (Å²) in [6, 6.07) is 14.6. The van der Waals surface area contributed by atoms with Gasteiger partial charge in [-0.05, 0) is 59.5 Å². The number of rotatable bonds is 9. The Labute approximate surface area is 193 Å². The van der Waals surface area contributed by atoms with E-state index in [1.165, 1.54) is 25.3 Å². The molecule has 0 saturated heterocycles. The molecule has 0 aliphatic rings. The number of hydrogen-bond acceptors (Lipinski definition) is 6. The first-order valence-corrected chi connectivity index (χ1v) is 10.1. The van der Waals surface area contributed by atoms with E-state index in [4.69, 9.17) is 9.84 Å². The fourth-order valence-corrected chi connectivity index (χ4v) is 3.32. The average molecular weight is 471 g/mol. The van der Waals surface area contributed by atoms with Crippen molar-refractivity contribution in [2.45, 2.75) is 25.7 Å². The minimum Gasteiger partial charge on any atom is -0.495 e. The molecule has 0 unspecified atom stereocenters. The van der Waals surface area contributed by atoms with Gasteiger partial charge in [-0.2, -0.15) is 5.26 Å². The number of hydrogen-bond donors (Lipinski definition) is 2. The summed E-state index contributed by atoms with van der Waals surface area (Å²) in [5.74, 6) is -0.429. The molecule has 3 aromatic rings. The zero-order valence-electron chi connectivity index (χ0n) is 18.0. The fourth-order valence-electron chi connectivity index (χ4n) is 3.32. The van der Waals surface area contributed by atoms with Gasteiger partial charge < -0.3 is 19.9 Å². The molecule has 0 radical (unpaired) electrons. The van der Waals surface area contributed by atoms with Crippen molar-refractivity contribution >= 4 is 11.8 Å². The number of carboxylic acid groups (broad SMARTS) is 1. The monoisotopic (exact) mass is 471 g/mol. The molecule has 1 heterocycles. The first-order valence-electron chi connectivity index (χ1n) is 10.1. The smallest absolute Gasteiger partial charge is 0.495 e. The van der Waals surface area contributed by atoms with Crippen LogP contribution < -0.4 is 14.8 Å². The minimum atomic E-state index is -4.76. The van der Waals surface area contributed by atoms with Gasteiger partial charge in [-0.25, -0.2) is 4.98 Å². The lowest BCUT2D eigenvalue weighted by molar-refractivity contribution is -0.274. The molecule has 1 aromatic heterocycles. The summed E-state index contributed by atoms with van der Waals surface area (Å²) in [5, 5.41) is 21.5. The summed E-state index contributed by atoms with van der Waals surface area (Å²) in [6.45, 7) is 0.224. The van der Waals surface area contributed by atoms with Crippen LogP contribution in [0.15, 0.2) is 54.7 Å². The van der Waals surface area contributed by atoms with E-state index in [-0.39, 0.29) is 30.7 Å². The zero-order valence-corrected chi connectivity index (χ0v) is 18.0. The van der Waals surface area contributed by atoms with Crippen molar-refractivity contribution < 1.29 is 32.5 Å². The van der Waals surface area contributed by atoms with Gasteiger partial charge in [0, 0.05) is 24.7 Å². The van der Waals surface area contributed by atoms with Crippen molar-refractivity contribution in [3.8, 4) is 28.7 Å². The number of pyridine rings is 1. The van der Waals surface area contributed by atoms with Gasteiger partial charge in [0.05, 0.1) is 12.7 Å². The number of aromatic nitrogens is 1. The van der Waals surface area contributed by atoms with E-state index >= 15 is 0 Å². The Morgan fingerprint density at radius 3 is 2.59 bits per heavy atom. The van der Waals surface area contributed by atoms with Gasteiger partial charge in [0.15, 0.2) is 0 Å². The lowest BCUT2D eigenvalue weighted by Gasteiger charge is -2.13. The molecule has 10 heteroatoms. The maximum atomic E-state index is 12.4. The molecule has 0 bridgehead atoms. The van der Waals surface area contributed by atoms with Crippen LogP contribution in [0.1, 0.15) is 23.1 Å². The quantitative estimate of drug-likeness (QED) is 0.444. The number of nitriles is 1. The van der Waals surface area contributed by atoms with E-state index in [2.05, 4.69) is 21.1 Å². The van der Waals surface area contributed by atoms with E-state index in [1.807, 2.05) is 0 Å². The van der Waals surface area contributed by atoms with Crippen LogP contribution in [-0.4, -0.2) is 29.5 Å². The number of benzene rings is 2. The van der Waals surface area contributed by atoms with Crippen molar-refractivity contribution in [1.29, 1.82) is 5.26 Å². The molecule has 0 atom stereocenters. The Morgan fingerprint density at radius 2 is 1.97 bits per heavy atom. The first-order chi connectivity index (χ1) is 16.2. The van der Waals surface area contributed by atoms with Gasteiger partial charge in [-0.1, -0.05) is 12.1 Å². The van der Waals surface area contributed by atoms with E-state index in [0.717, 1.165) is 0 Å². The Morgan fingerprint density at radius 1 is 1.18 bits per heavy atom. The number of anilines is 1. The maximum Gasteiger partial charge on any atom is 0.573 e. The van der Waals surface area contributed by atoms with E-state index in [0.29, 0.717) is 33.8 Å². The van der Waals surface area contributed by atoms with Gasteiger partial charge in [0.25, 0.3) is 0 Å². The van der Waals surface area contributed by atoms with E-state index < -0.39 is 12.3 Å². The van der Waals surface area contributed by atoms with Crippen LogP contribution in [0.3, 0.4) is 0 Å². The van der Waals surface area contributed by atoms with Crippen LogP contribution >= 0.6 is 0 Å². The first kappa shape index (κ1) is 24.4. The third-order valence-electron chi connectivity index (χ3n) is 4.80. The highest BCUT2D eigenvalue weighted by atomic mass is 19.4. The Kier molecular flexibility index (Phi) is 7.58. The number of halogens is 3. The zero-order chi connectivity index (χ0) is 24.7. The van der Waals surface area contributed by atoms with Crippen molar-refractivity contribution in [3.05, 3.63) is 71.4 Å². The third-order valence-corrected chi connectivity index (χ3v) is 4.80. The number of methoxy groups -OCH3 is 1. The van der Waals surface area contributed by atoms with Crippen LogP contribution in [0, 0.1) is 11.3 Å². The van der Waals surface area contributed by atoms with E-state index in [1.54, 1.807) is 36.5 Å². The highest BCUT2D eigenvalue weighted by Crippen LogP contribution is 2.32. The SMILES string of the molecule is COc1c(C#N)cc(-c2ccc(NCc3cccc(OC(F)(F)F)c3)nc2)cc1CCC(=O)O. The lowest BCUT2D eigenvalue weighted by atomic mass is 9.97. The number of carbonyl (C=O) groups is 1. The molecule has 0 aliphatic heterocycles. The summed E-state index contributed by atoms with van der Waals surface area (Å²) >= 11 is 0. The van der Waals surface area contributed by atoms with Crippen LogP contribution in [0.2, 0.25) is 0 Å². The molecule has 2 N–H and O–H groups in total. The normalized spacial score (nSPS) is 10.9. The summed E-state index contributed by atoms with van der Waals surface area (Å²) in [7, 11) is 1.42. The highest BCUT2D eigenvalue weighted by molar-refractivity contribution is 5.71. The molecule has 34 heavy (non-hydrogen) atoms. The number of aryl methyl sites for hydroxylation is 1. The Balaban J connectivity index is 1.75. The van der Waals surface area contributed by atoms with Gasteiger partial charge in [0.2, 0.25) is 0 Å². The minimum absolute atomic E-state index is 0.110. The average Bonchev–Trinajstić information content (AvgIpc) is 2.80. The predicted molar refractivity (Wildman–Crippen MR) is 117 cm³/mol. The molecular weight excluding hydrogens is 451 g/mol. The van der Waals surface area contributed by atoms with Crippen LogP contribution in [0.25, 0.3) is 11.1 Å². The van der Waals surface area contributed by atoms with Gasteiger partial charge in [0.1, 0.15) is 23.4 Å². The standard InChI is InChI=1S/C24H20F3N3O4/c1-33-23-16(6-8-22(31)32)10-18(11-19(23)12-28)17-5-7-21(30-14-17)29-13-15-3-2-4-20(9-15)34-24(25,26)27/h2-5,7,9-11,14H,6,8,13H2,1H3,(H,29,30)(H,31,32). The molecule has 2 aromatic carbocycles. The molecular formula is C24H20F3N3O4. The van der Waals surface area contributed by atoms with Gasteiger partial charge >= 0.3 is 12.3 Å². The topological polar surface area (TPSA) is 104 Å². The number of aliphatic carboxylic acids is 1. The summed E-state index contributed by atoms with van der Waals surface area (Å²) in [5.41, 5.74) is 2.82. The Hall–Kier alpha value is -4.26. The van der Waals surface area contributed by atoms with Crippen molar-refractivity contribution in [2.24, 2.45) is 0 Å². The van der Waals surface area contributed by atoms with Crippen molar-refractivity contribution in [3.63, 3.8) is 0 Å². The molecule has 0 amide bonds. The van der Waals surface area contributed by atoms with Gasteiger partial charge in [-0.3, -0.25) is 4.79 Å². The van der Waals surface area contributed by atoms with Crippen LogP contribution in [-0.2, 0) is 17.8 Å². The second-order valence-corrected chi connectivity index (χ2v) is 7.20. The number of carboxylic acids is 1. The molecule has 3 rings (SSSR count). The second kappa shape index (κ2) is 10.6. The van der Waals surface area contributed by atoms with Crippen LogP contribution in [0.5, 0.6) is 11.5 Å². The molecule has 0 spiro atoms. The van der Waals surface area contributed by atoms with Crippen molar-refractivity contribution in [2.75, 3.05) is 12.4 Å². The largest absolute Gasteiger partial charge is 0.573 e. The summed E-state index contributed by atoms with van der Waals surface area (Å²) in [4.78, 5) is 15.3. The lowest BCUT2D eigenvalue weighted by Crippen LogP contribution is -2.17. The number of nitrogens with one attached hydrogen (secondary N) is 1. The number of alkyl halides is 3. The maximum absolute atomic E-state index is 12.4. The molecule has 7 nitrogen and oxygen atoms in total. The molecule has 0 saturated carbocycles. The van der Waals surface area contributed by atoms with Gasteiger partial charge in [-0.15, -0.1) is 13.2 Å². The fraction of sp³-hybridized carbons (Fsp3) is 0.208. The summed E-state index contributed by atoms with van der Waals surface area (Å²) < 4.78 is 46.4. The number of nitrogens with zero attached hydrogens (tertiary/aromatic N) is 2. The Bertz CT molecular complexity index is 1210. The predicted octanol–water partition coefficient (Wildman–Crippen LogP) is 5.16. The number of ether oxygens (including phenoxy) is 2. The van der Waals surface area contributed by atoms with E-state index in [9.17, 15) is 23.2 Å². The molecule has 176 valence electrons. The second-order valence-electron chi connectivity index (χ2n) is 7.20. The highest BCUT2D eigenvalue weighted by Gasteiger charge is 2.31. The molecule has 0 fully saturated rings. The van der Waals surface area contributed by atoms with Crippen molar-refractivity contribution in [1.82, 2.24) is 4.98 Å².